The van der Waals surface area contributed by atoms with E-state index in [0.717, 1.165) is 43.7 Å². The van der Waals surface area contributed by atoms with Crippen molar-refractivity contribution < 1.29 is 9.15 Å². The van der Waals surface area contributed by atoms with E-state index in [2.05, 4.69) is 62.2 Å². The Balaban J connectivity index is 1.65. The lowest BCUT2D eigenvalue weighted by Gasteiger charge is -2.26. The number of rotatable bonds is 9. The summed E-state index contributed by atoms with van der Waals surface area (Å²) in [5, 5.41) is 1.17. The normalized spacial score (nSPS) is 12.6. The highest BCUT2D eigenvalue weighted by atomic mass is 16.5. The summed E-state index contributed by atoms with van der Waals surface area (Å²) < 4.78 is 11.1. The van der Waals surface area contributed by atoms with Crippen LogP contribution in [0.2, 0.25) is 0 Å². The molecule has 1 atom stereocenters. The molecule has 1 heterocycles. The van der Waals surface area contributed by atoms with E-state index in [-0.39, 0.29) is 0 Å². The Bertz CT molecular complexity index is 868. The first kappa shape index (κ1) is 19.5. The molecule has 0 saturated carbocycles. The molecule has 0 fully saturated rings. The summed E-state index contributed by atoms with van der Waals surface area (Å²) >= 11 is 0. The van der Waals surface area contributed by atoms with Crippen LogP contribution in [0.25, 0.3) is 11.0 Å². The maximum Gasteiger partial charge on any atom is 0.134 e. The predicted molar refractivity (Wildman–Crippen MR) is 113 cm³/mol. The van der Waals surface area contributed by atoms with Gasteiger partial charge in [0.25, 0.3) is 0 Å². The summed E-state index contributed by atoms with van der Waals surface area (Å²) in [5.74, 6) is 1.54. The zero-order valence-corrected chi connectivity index (χ0v) is 17.0. The number of benzene rings is 2. The number of ether oxygens (including phenoxy) is 1. The van der Waals surface area contributed by atoms with Gasteiger partial charge >= 0.3 is 0 Å². The van der Waals surface area contributed by atoms with Crippen LogP contribution in [-0.4, -0.2) is 32.1 Å². The maximum atomic E-state index is 5.59. The minimum absolute atomic E-state index is 0.521. The van der Waals surface area contributed by atoms with Crippen molar-refractivity contribution in [3.05, 3.63) is 65.4 Å². The highest BCUT2D eigenvalue weighted by Crippen LogP contribution is 2.31. The molecule has 144 valence electrons. The van der Waals surface area contributed by atoms with Crippen molar-refractivity contribution in [2.45, 2.75) is 39.0 Å². The van der Waals surface area contributed by atoms with Crippen molar-refractivity contribution in [1.82, 2.24) is 4.90 Å². The molecule has 3 aromatic rings. The molecule has 0 unspecified atom stereocenters. The van der Waals surface area contributed by atoms with Crippen LogP contribution in [0.5, 0.6) is 5.75 Å². The first-order valence-corrected chi connectivity index (χ1v) is 9.96. The fourth-order valence-electron chi connectivity index (χ4n) is 3.92. The topological polar surface area (TPSA) is 25.6 Å². The van der Waals surface area contributed by atoms with Crippen LogP contribution in [0.1, 0.15) is 42.9 Å². The quantitative estimate of drug-likeness (QED) is 0.488. The molecule has 0 aliphatic carbocycles. The lowest BCUT2D eigenvalue weighted by Crippen LogP contribution is -2.27. The van der Waals surface area contributed by atoms with Gasteiger partial charge in [0.15, 0.2) is 0 Å². The van der Waals surface area contributed by atoms with Crippen LogP contribution in [0.3, 0.4) is 0 Å². The third-order valence-corrected chi connectivity index (χ3v) is 5.51. The van der Waals surface area contributed by atoms with E-state index < -0.39 is 0 Å². The molecule has 0 aliphatic heterocycles. The summed E-state index contributed by atoms with van der Waals surface area (Å²) in [6, 6.07) is 15.0. The monoisotopic (exact) mass is 365 g/mol. The number of hydrogen-bond donors (Lipinski definition) is 0. The molecule has 3 heteroatoms. The first-order chi connectivity index (χ1) is 13.2. The van der Waals surface area contributed by atoms with Gasteiger partial charge < -0.3 is 14.1 Å². The van der Waals surface area contributed by atoms with Crippen LogP contribution in [0.15, 0.2) is 53.1 Å². The molecule has 0 spiro atoms. The van der Waals surface area contributed by atoms with Gasteiger partial charge in [-0.1, -0.05) is 38.1 Å². The van der Waals surface area contributed by atoms with Gasteiger partial charge in [-0.05, 0) is 67.1 Å². The molecular weight excluding hydrogens is 334 g/mol. The standard InChI is InChI=1S/C24H31NO2/c1-5-19(22-8-7-9-23(26-4)21(22)6-2)17-25(3)14-12-18-10-11-20-13-15-27-24(20)16-18/h7-11,13,15-16,19H,5-6,12,14,17H2,1-4H3/t19-/m0/s1. The minimum atomic E-state index is 0.521. The second kappa shape index (κ2) is 9.09. The van der Waals surface area contributed by atoms with E-state index >= 15 is 0 Å². The zero-order valence-electron chi connectivity index (χ0n) is 17.0. The van der Waals surface area contributed by atoms with Crippen LogP contribution in [0.4, 0.5) is 0 Å². The highest BCUT2D eigenvalue weighted by molar-refractivity contribution is 5.77. The van der Waals surface area contributed by atoms with Crippen LogP contribution in [0, 0.1) is 0 Å². The van der Waals surface area contributed by atoms with Gasteiger partial charge in [-0.15, -0.1) is 0 Å². The van der Waals surface area contributed by atoms with Crippen LogP contribution >= 0.6 is 0 Å². The molecule has 0 amide bonds. The predicted octanol–water partition coefficient (Wildman–Crippen LogP) is 5.67. The largest absolute Gasteiger partial charge is 0.496 e. The van der Waals surface area contributed by atoms with Gasteiger partial charge in [0, 0.05) is 18.5 Å². The van der Waals surface area contributed by atoms with Gasteiger partial charge in [-0.25, -0.2) is 0 Å². The fourth-order valence-corrected chi connectivity index (χ4v) is 3.92. The third-order valence-electron chi connectivity index (χ3n) is 5.51. The van der Waals surface area contributed by atoms with Gasteiger partial charge in [0.05, 0.1) is 13.4 Å². The van der Waals surface area contributed by atoms with Crippen LogP contribution in [-0.2, 0) is 12.8 Å². The molecule has 0 bridgehead atoms. The van der Waals surface area contributed by atoms with Crippen LogP contribution < -0.4 is 4.74 Å². The van der Waals surface area contributed by atoms with Crippen molar-refractivity contribution in [3.8, 4) is 5.75 Å². The van der Waals surface area contributed by atoms with E-state index in [1.165, 1.54) is 22.1 Å². The summed E-state index contributed by atoms with van der Waals surface area (Å²) in [6.45, 7) is 6.58. The van der Waals surface area contributed by atoms with Gasteiger partial charge in [-0.2, -0.15) is 0 Å². The van der Waals surface area contributed by atoms with E-state index in [1.54, 1.807) is 13.4 Å². The average molecular weight is 366 g/mol. The molecular formula is C24H31NO2. The maximum absolute atomic E-state index is 5.59. The van der Waals surface area contributed by atoms with Crippen molar-refractivity contribution in [1.29, 1.82) is 0 Å². The Morgan fingerprint density at radius 3 is 2.70 bits per heavy atom. The molecule has 0 aliphatic rings. The molecule has 0 saturated heterocycles. The minimum Gasteiger partial charge on any atom is -0.496 e. The first-order valence-electron chi connectivity index (χ1n) is 9.96. The molecule has 3 nitrogen and oxygen atoms in total. The smallest absolute Gasteiger partial charge is 0.134 e. The van der Waals surface area contributed by atoms with E-state index in [4.69, 9.17) is 9.15 Å². The number of methoxy groups -OCH3 is 1. The van der Waals surface area contributed by atoms with Gasteiger partial charge in [0.2, 0.25) is 0 Å². The number of hydrogen-bond acceptors (Lipinski definition) is 3. The Morgan fingerprint density at radius 1 is 1.11 bits per heavy atom. The number of likely N-dealkylation sites (N-methyl/N-ethyl adjacent to an activating group) is 1. The SMILES string of the molecule is CCc1c(OC)cccc1[C@@H](CC)CN(C)CCc1ccc2ccoc2c1. The average Bonchev–Trinajstić information content (AvgIpc) is 3.17. The molecule has 27 heavy (non-hydrogen) atoms. The molecule has 2 aromatic carbocycles. The highest BCUT2D eigenvalue weighted by Gasteiger charge is 2.17. The summed E-state index contributed by atoms with van der Waals surface area (Å²) in [5.41, 5.74) is 5.09. The summed E-state index contributed by atoms with van der Waals surface area (Å²) in [6.07, 6.45) is 4.92. The Morgan fingerprint density at radius 2 is 1.96 bits per heavy atom. The molecule has 0 radical (unpaired) electrons. The van der Waals surface area contributed by atoms with Crippen molar-refractivity contribution in [2.24, 2.45) is 0 Å². The number of fused-ring (bicyclic) bond motifs is 1. The molecule has 1 aromatic heterocycles. The van der Waals surface area contributed by atoms with Gasteiger partial charge in [0.1, 0.15) is 11.3 Å². The Kier molecular flexibility index (Phi) is 6.57. The fraction of sp³-hybridized carbons (Fsp3) is 0.417. The van der Waals surface area contributed by atoms with Gasteiger partial charge in [-0.3, -0.25) is 0 Å². The number of nitrogens with zero attached hydrogens (tertiary/aromatic N) is 1. The van der Waals surface area contributed by atoms with Crippen molar-refractivity contribution in [2.75, 3.05) is 27.2 Å². The lowest BCUT2D eigenvalue weighted by atomic mass is 9.90. The number of furan rings is 1. The van der Waals surface area contributed by atoms with E-state index in [1.807, 2.05) is 6.07 Å². The summed E-state index contributed by atoms with van der Waals surface area (Å²) in [4.78, 5) is 2.44. The Hall–Kier alpha value is -2.26. The Labute approximate surface area is 162 Å². The van der Waals surface area contributed by atoms with E-state index in [0.29, 0.717) is 5.92 Å². The summed E-state index contributed by atoms with van der Waals surface area (Å²) in [7, 11) is 3.99. The van der Waals surface area contributed by atoms with E-state index in [9.17, 15) is 0 Å². The van der Waals surface area contributed by atoms with Crippen molar-refractivity contribution in [3.63, 3.8) is 0 Å². The van der Waals surface area contributed by atoms with Crippen molar-refractivity contribution >= 4 is 11.0 Å². The third kappa shape index (κ3) is 4.54. The lowest BCUT2D eigenvalue weighted by molar-refractivity contribution is 0.309. The molecule has 0 N–H and O–H groups in total. The second-order valence-electron chi connectivity index (χ2n) is 7.29. The molecule has 3 rings (SSSR count). The zero-order chi connectivity index (χ0) is 19.2. The second-order valence-corrected chi connectivity index (χ2v) is 7.29.